The van der Waals surface area contributed by atoms with Gasteiger partial charge in [0.15, 0.2) is 0 Å². The topological polar surface area (TPSA) is 270 Å². The maximum absolute atomic E-state index is 12.3. The number of terminal acetylenes is 5. The van der Waals surface area contributed by atoms with Crippen LogP contribution in [-0.2, 0) is 38.2 Å². The smallest absolute Gasteiger partial charge is 0.407 e. The van der Waals surface area contributed by atoms with Crippen molar-refractivity contribution in [2.45, 2.75) is 188 Å². The molecule has 506 valence electrons. The van der Waals surface area contributed by atoms with Crippen molar-refractivity contribution in [3.63, 3.8) is 0 Å². The molecule has 0 unspecified atom stereocenters. The fourth-order valence-corrected chi connectivity index (χ4v) is 8.11. The van der Waals surface area contributed by atoms with Gasteiger partial charge >= 0.3 is 30.1 Å². The number of alkyl halides is 1. The number of rotatable bonds is 37. The highest BCUT2D eigenvalue weighted by Crippen LogP contribution is 2.35. The van der Waals surface area contributed by atoms with Gasteiger partial charge in [-0.15, -0.1) is 73.3 Å². The molecule has 20 heteroatoms. The van der Waals surface area contributed by atoms with E-state index in [0.29, 0.717) is 138 Å². The van der Waals surface area contributed by atoms with E-state index in [0.717, 1.165) is 94.1 Å². The number of aromatic hydroxyl groups is 2. The number of esters is 2. The Morgan fingerprint density at radius 1 is 0.467 bits per heavy atom. The lowest BCUT2D eigenvalue weighted by molar-refractivity contribution is 0.0515. The fraction of sp³-hybridized carbons (Fsp3) is 0.542. The number of carbonyl (C=O) groups is 5. The summed E-state index contributed by atoms with van der Waals surface area (Å²) in [5, 5.41) is 34.6. The summed E-state index contributed by atoms with van der Waals surface area (Å²) in [7, 11) is 2.55. The third-order valence-corrected chi connectivity index (χ3v) is 12.7. The van der Waals surface area contributed by atoms with Crippen molar-refractivity contribution in [3.8, 4) is 96.2 Å². The van der Waals surface area contributed by atoms with E-state index in [-0.39, 0.29) is 22.6 Å². The quantitative estimate of drug-likeness (QED) is 0.0103. The van der Waals surface area contributed by atoms with Crippen LogP contribution in [-0.4, -0.2) is 123 Å². The van der Waals surface area contributed by atoms with Crippen LogP contribution in [0.3, 0.4) is 0 Å². The van der Waals surface area contributed by atoms with Crippen molar-refractivity contribution < 1.29 is 77.2 Å². The van der Waals surface area contributed by atoms with Gasteiger partial charge in [-0.2, -0.15) is 0 Å². The molecule has 3 rings (SSSR count). The number of amides is 2. The van der Waals surface area contributed by atoms with E-state index in [1.165, 1.54) is 26.4 Å². The zero-order valence-corrected chi connectivity index (χ0v) is 56.2. The maximum atomic E-state index is 12.3. The predicted octanol–water partition coefficient (Wildman–Crippen LogP) is 13.3. The van der Waals surface area contributed by atoms with E-state index >= 15 is 0 Å². The molecule has 0 fully saturated rings. The molecule has 2 amide bonds. The fourth-order valence-electron chi connectivity index (χ4n) is 7.93. The number of phenols is 2. The second kappa shape index (κ2) is 50.1. The number of hydrogen-bond acceptors (Lipinski definition) is 16. The Labute approximate surface area is 552 Å². The number of carboxylic acid groups (broad SMARTS) is 1. The number of ether oxygens (including phenoxy) is 8. The van der Waals surface area contributed by atoms with Crippen LogP contribution >= 0.6 is 11.6 Å². The van der Waals surface area contributed by atoms with Crippen molar-refractivity contribution >= 4 is 41.7 Å². The predicted molar refractivity (Wildman–Crippen MR) is 361 cm³/mol. The molecule has 0 atom stereocenters. The number of aromatic carboxylic acids is 1. The standard InChI is InChI=1S/C28H39NO6.C22H29NO4.C16H23NO6.C6H9Cl/c1-7-9-11-13-18-33-24-20-22(26(30)32-6)21-25(34-19-14-12-10-8-2)23(24)16-15-17-29-27(31)35-28(3,4)5;1-3-5-7-9-14-26-20-16-18(22(24)25)17-21(19(20)12-11-13-23)27-15-10-8-6-4-2;1-16(2,3)23-15(21)17-7-5-6-11-12(18)8-10(9-13(11)19)14(20)22-4;1-2-3-4-5-6-7/h1-2,20-21H,9-19H2,3-6H3,(H,29,31);1-2,16-17H,5-15,23H2,(H,24,25);8-9,18-19H,5-7H2,1-4H3,(H,17,21);1H,3-6H2. The van der Waals surface area contributed by atoms with Gasteiger partial charge in [-0.25, -0.2) is 24.0 Å². The van der Waals surface area contributed by atoms with Gasteiger partial charge in [0.2, 0.25) is 0 Å². The van der Waals surface area contributed by atoms with Crippen LogP contribution in [0.5, 0.6) is 34.5 Å². The van der Waals surface area contributed by atoms with Gasteiger partial charge in [0.05, 0.1) is 57.3 Å². The monoisotopic (exact) mass is 1300 g/mol. The lowest BCUT2D eigenvalue weighted by Gasteiger charge is -2.20. The van der Waals surface area contributed by atoms with Gasteiger partial charge in [-0.3, -0.25) is 0 Å². The molecule has 3 aromatic rings. The van der Waals surface area contributed by atoms with Crippen LogP contribution in [0, 0.1) is 61.7 Å². The molecule has 0 aliphatic carbocycles. The SMILES string of the molecule is C#CCCCCCl.C#CCCCCOc1cc(C(=O)O)cc(OCCCCC#C)c1CCCN.C#CCCCCOc1cc(C(=O)OC)cc(OCCCCC#C)c1CCCNC(=O)OC(C)(C)C.COC(=O)c1cc(O)c(CCCNC(=O)OC(C)(C)C)c(O)c1. The van der Waals surface area contributed by atoms with E-state index in [2.05, 4.69) is 45.0 Å². The Hall–Kier alpha value is -8.54. The lowest BCUT2D eigenvalue weighted by Crippen LogP contribution is -2.33. The molecule has 0 saturated carbocycles. The number of benzene rings is 3. The zero-order chi connectivity index (χ0) is 69.2. The summed E-state index contributed by atoms with van der Waals surface area (Å²) in [6.45, 7) is 13.9. The second-order valence-corrected chi connectivity index (χ2v) is 22.9. The lowest BCUT2D eigenvalue weighted by atomic mass is 10.0. The van der Waals surface area contributed by atoms with Crippen molar-refractivity contribution in [3.05, 3.63) is 69.8 Å². The number of methoxy groups -OCH3 is 2. The summed E-state index contributed by atoms with van der Waals surface area (Å²) >= 11 is 5.37. The van der Waals surface area contributed by atoms with Gasteiger partial charge in [0, 0.05) is 67.8 Å². The molecular weight excluding hydrogens is 1200 g/mol. The number of unbranched alkanes of at least 4 members (excludes halogenated alkanes) is 10. The molecule has 0 heterocycles. The third-order valence-electron chi connectivity index (χ3n) is 12.4. The van der Waals surface area contributed by atoms with Crippen LogP contribution in [0.1, 0.15) is 205 Å². The average Bonchev–Trinajstić information content (AvgIpc) is 0.889. The summed E-state index contributed by atoms with van der Waals surface area (Å²) in [5.41, 5.74) is 7.08. The number of carboxylic acids is 1. The minimum absolute atomic E-state index is 0.0677. The number of nitrogens with two attached hydrogens (primary N) is 1. The summed E-state index contributed by atoms with van der Waals surface area (Å²) < 4.78 is 43.7. The first kappa shape index (κ1) is 83.5. The highest BCUT2D eigenvalue weighted by Gasteiger charge is 2.22. The first-order valence-electron chi connectivity index (χ1n) is 31.1. The first-order valence-corrected chi connectivity index (χ1v) is 31.6. The molecule has 19 nitrogen and oxygen atoms in total. The highest BCUT2D eigenvalue weighted by atomic mass is 35.5. The molecule has 92 heavy (non-hydrogen) atoms. The molecule has 0 aliphatic heterocycles. The third kappa shape index (κ3) is 39.6. The Balaban J connectivity index is 0.00000130. The van der Waals surface area contributed by atoms with E-state index in [4.69, 9.17) is 82.6 Å². The molecule has 0 aromatic heterocycles. The van der Waals surface area contributed by atoms with Gasteiger partial charge in [0.25, 0.3) is 0 Å². The largest absolute Gasteiger partial charge is 0.508 e. The van der Waals surface area contributed by atoms with E-state index < -0.39 is 41.3 Å². The zero-order valence-electron chi connectivity index (χ0n) is 55.5. The number of phenolic OH excluding ortho intramolecular Hbond substituents is 2. The Bertz CT molecular complexity index is 2780. The van der Waals surface area contributed by atoms with E-state index in [1.54, 1.807) is 45.0 Å². The highest BCUT2D eigenvalue weighted by molar-refractivity contribution is 6.17. The number of hydrogen-bond donors (Lipinski definition) is 6. The molecular formula is C72H100ClN3O16. The number of halogens is 1. The van der Waals surface area contributed by atoms with Gasteiger partial charge < -0.3 is 69.6 Å². The Morgan fingerprint density at radius 2 is 0.772 bits per heavy atom. The number of carbonyl (C=O) groups excluding carboxylic acids is 4. The number of nitrogens with one attached hydrogen (secondary N) is 2. The van der Waals surface area contributed by atoms with Crippen LogP contribution in [0.2, 0.25) is 0 Å². The summed E-state index contributed by atoms with van der Waals surface area (Å²) in [4.78, 5) is 58.6. The van der Waals surface area contributed by atoms with Crippen LogP contribution in [0.25, 0.3) is 0 Å². The summed E-state index contributed by atoms with van der Waals surface area (Å²) in [5.74, 6) is 13.4. The molecule has 0 bridgehead atoms. The van der Waals surface area contributed by atoms with Gasteiger partial charge in [0.1, 0.15) is 45.7 Å². The average molecular weight is 1300 g/mol. The molecule has 0 spiro atoms. The Kier molecular flexibility index (Phi) is 45.5. The molecule has 3 aromatic carbocycles. The van der Waals surface area contributed by atoms with Crippen molar-refractivity contribution in [1.29, 1.82) is 0 Å². The normalized spacial score (nSPS) is 10.3. The van der Waals surface area contributed by atoms with Crippen LogP contribution in [0.4, 0.5) is 9.59 Å². The number of alkyl carbamates (subject to hydrolysis) is 2. The van der Waals surface area contributed by atoms with Gasteiger partial charge in [-0.1, -0.05) is 0 Å². The van der Waals surface area contributed by atoms with Crippen molar-refractivity contribution in [2.24, 2.45) is 5.73 Å². The molecule has 0 radical (unpaired) electrons. The van der Waals surface area contributed by atoms with Crippen LogP contribution in [0.15, 0.2) is 36.4 Å². The van der Waals surface area contributed by atoms with Crippen molar-refractivity contribution in [1.82, 2.24) is 10.6 Å². The summed E-state index contributed by atoms with van der Waals surface area (Å²) in [6.07, 6.45) is 40.9. The molecule has 0 saturated heterocycles. The first-order chi connectivity index (χ1) is 43.9. The van der Waals surface area contributed by atoms with E-state index in [9.17, 15) is 39.3 Å². The van der Waals surface area contributed by atoms with Gasteiger partial charge in [-0.05, 0) is 187 Å². The minimum Gasteiger partial charge on any atom is -0.508 e. The maximum Gasteiger partial charge on any atom is 0.407 e. The van der Waals surface area contributed by atoms with Crippen LogP contribution < -0.4 is 35.3 Å². The minimum atomic E-state index is -1.02. The molecule has 7 N–H and O–H groups in total. The summed E-state index contributed by atoms with van der Waals surface area (Å²) in [6, 6.07) is 8.94. The van der Waals surface area contributed by atoms with Crippen molar-refractivity contribution in [2.75, 3.05) is 66.2 Å². The molecule has 0 aliphatic rings. The second-order valence-electron chi connectivity index (χ2n) is 22.5. The Morgan fingerprint density at radius 3 is 1.07 bits per heavy atom. The van der Waals surface area contributed by atoms with E-state index in [1.807, 2.05) is 20.8 Å².